The smallest absolute Gasteiger partial charge is 0.334 e. The molecule has 2 aliphatic carbocycles. The van der Waals surface area contributed by atoms with Crippen LogP contribution in [0.3, 0.4) is 0 Å². The lowest BCUT2D eigenvalue weighted by atomic mass is 9.51. The number of fused-ring (bicyclic) bond motifs is 15. The summed E-state index contributed by atoms with van der Waals surface area (Å²) >= 11 is 0. The number of rotatable bonds is 0. The van der Waals surface area contributed by atoms with Crippen LogP contribution in [0, 0.1) is 22.7 Å². The Labute approximate surface area is 267 Å². The minimum atomic E-state index is -0.944. The van der Waals surface area contributed by atoms with E-state index in [4.69, 9.17) is 37.9 Å². The van der Waals surface area contributed by atoms with E-state index in [0.29, 0.717) is 24.4 Å². The zero-order valence-corrected chi connectivity index (χ0v) is 26.6. The Morgan fingerprint density at radius 1 is 0.543 bits per heavy atom. The van der Waals surface area contributed by atoms with E-state index in [0.717, 1.165) is 11.1 Å². The molecular formula is C34H40O12. The summed E-state index contributed by atoms with van der Waals surface area (Å²) in [5.74, 6) is -2.10. The van der Waals surface area contributed by atoms with Gasteiger partial charge in [-0.2, -0.15) is 0 Å². The summed E-state index contributed by atoms with van der Waals surface area (Å²) in [6.45, 7) is 8.47. The Morgan fingerprint density at radius 3 is 1.30 bits per heavy atom. The van der Waals surface area contributed by atoms with Crippen molar-refractivity contribution in [2.75, 3.05) is 39.6 Å². The van der Waals surface area contributed by atoms with E-state index in [1.807, 2.05) is 24.3 Å². The quantitative estimate of drug-likeness (QED) is 0.233. The van der Waals surface area contributed by atoms with E-state index in [-0.39, 0.29) is 52.9 Å². The molecule has 12 heteroatoms. The molecular weight excluding hydrogens is 600 g/mol. The lowest BCUT2D eigenvalue weighted by molar-refractivity contribution is -0.227. The minimum Gasteiger partial charge on any atom is -0.492 e. The van der Waals surface area contributed by atoms with Crippen molar-refractivity contribution >= 4 is 23.9 Å². The largest absolute Gasteiger partial charge is 0.492 e. The fourth-order valence-electron chi connectivity index (χ4n) is 8.02. The molecule has 2 saturated carbocycles. The molecule has 0 aromatic heterocycles. The van der Waals surface area contributed by atoms with Crippen molar-refractivity contribution in [1.29, 1.82) is 0 Å². The number of ether oxygens (including phenoxy) is 8. The molecule has 6 atom stereocenters. The summed E-state index contributed by atoms with van der Waals surface area (Å²) in [5, 5.41) is 0. The summed E-state index contributed by atoms with van der Waals surface area (Å²) in [5.41, 5.74) is -1.99. The second-order valence-electron chi connectivity index (χ2n) is 13.5. The lowest BCUT2D eigenvalue weighted by Gasteiger charge is -2.58. The van der Waals surface area contributed by atoms with Crippen LogP contribution < -0.4 is 0 Å². The minimum absolute atomic E-state index is 0.0512. The van der Waals surface area contributed by atoms with Crippen LogP contribution in [-0.4, -0.2) is 74.7 Å². The molecule has 0 radical (unpaired) electrons. The third-order valence-electron chi connectivity index (χ3n) is 9.75. The van der Waals surface area contributed by atoms with Crippen LogP contribution in [-0.2, 0) is 70.3 Å². The van der Waals surface area contributed by atoms with Gasteiger partial charge in [0.25, 0.3) is 0 Å². The first-order chi connectivity index (χ1) is 21.9. The molecule has 0 amide bonds. The van der Waals surface area contributed by atoms with Crippen molar-refractivity contribution in [3.05, 3.63) is 59.1 Å². The van der Waals surface area contributed by atoms with Crippen LogP contribution in [0.25, 0.3) is 0 Å². The van der Waals surface area contributed by atoms with Gasteiger partial charge in [0, 0.05) is 12.8 Å². The van der Waals surface area contributed by atoms with E-state index in [1.54, 1.807) is 27.7 Å². The molecule has 0 saturated heterocycles. The fraction of sp³-hybridized carbons (Fsp3) is 0.588. The molecule has 0 spiro atoms. The highest BCUT2D eigenvalue weighted by Crippen LogP contribution is 2.62. The standard InChI is InChI=1S/C34H40O12/c1-31-19-33(3)27(31)23(15-25(35)45-33)43-17-21-5-7-22(8-6-21)18-44-24-16-26(36)46-34(4)20-32(2,28(24)34)30(38)42-14-12-40-10-9-39-11-13-41-29(31)37/h5-8,15-16,27-28H,9-14,17-20H2,1-4H3/t27?,28?,31-,32-,33-,34-/m0/s1. The first-order valence-electron chi connectivity index (χ1n) is 15.6. The van der Waals surface area contributed by atoms with Crippen molar-refractivity contribution in [2.45, 2.75) is 65.0 Å². The molecule has 7 rings (SSSR count). The summed E-state index contributed by atoms with van der Waals surface area (Å²) in [6, 6.07) is 7.49. The SMILES string of the molecule is C[C@@]12C[C@]3(C)C(=O)OCCOCCOCCOC(=O)[C@@]4(C)C[C@]5(C)OC(=O)C=C(OCc6ccc(cc6)COC(=CC(=O)O1)C23)C54. The molecule has 248 valence electrons. The highest BCUT2D eigenvalue weighted by molar-refractivity contribution is 5.88. The van der Waals surface area contributed by atoms with E-state index >= 15 is 0 Å². The predicted octanol–water partition coefficient (Wildman–Crippen LogP) is 3.30. The molecule has 2 fully saturated rings. The van der Waals surface area contributed by atoms with Gasteiger partial charge in [0.05, 0.1) is 61.2 Å². The van der Waals surface area contributed by atoms with Gasteiger partial charge >= 0.3 is 23.9 Å². The molecule has 2 bridgehead atoms. The predicted molar refractivity (Wildman–Crippen MR) is 157 cm³/mol. The monoisotopic (exact) mass is 640 g/mol. The highest BCUT2D eigenvalue weighted by atomic mass is 16.6. The first-order valence-corrected chi connectivity index (χ1v) is 15.6. The first kappa shape index (κ1) is 32.1. The normalized spacial score (nSPS) is 37.0. The maximum atomic E-state index is 13.2. The number of hydrogen-bond donors (Lipinski definition) is 0. The Kier molecular flexibility index (Phi) is 8.39. The number of carbonyl (C=O) groups is 4. The van der Waals surface area contributed by atoms with Crippen molar-refractivity contribution in [2.24, 2.45) is 22.7 Å². The molecule has 4 aliphatic heterocycles. The van der Waals surface area contributed by atoms with Crippen LogP contribution in [0.2, 0.25) is 0 Å². The van der Waals surface area contributed by atoms with Gasteiger partial charge in [-0.3, -0.25) is 9.59 Å². The molecule has 2 unspecified atom stereocenters. The number of carbonyl (C=O) groups excluding carboxylic acids is 4. The molecule has 6 aliphatic rings. The number of benzene rings is 1. The van der Waals surface area contributed by atoms with Crippen LogP contribution in [0.1, 0.15) is 51.7 Å². The Hall–Kier alpha value is -3.90. The van der Waals surface area contributed by atoms with Crippen molar-refractivity contribution in [3.8, 4) is 0 Å². The fourth-order valence-corrected chi connectivity index (χ4v) is 8.02. The summed E-state index contributed by atoms with van der Waals surface area (Å²) in [7, 11) is 0. The van der Waals surface area contributed by atoms with E-state index in [2.05, 4.69) is 0 Å². The zero-order chi connectivity index (χ0) is 32.7. The maximum absolute atomic E-state index is 13.2. The van der Waals surface area contributed by atoms with Crippen LogP contribution in [0.4, 0.5) is 0 Å². The van der Waals surface area contributed by atoms with Crippen LogP contribution in [0.15, 0.2) is 47.9 Å². The number of esters is 4. The molecule has 1 aromatic carbocycles. The summed E-state index contributed by atoms with van der Waals surface area (Å²) in [4.78, 5) is 51.2. The van der Waals surface area contributed by atoms with Crippen LogP contribution in [0.5, 0.6) is 0 Å². The molecule has 4 heterocycles. The Morgan fingerprint density at radius 2 is 0.913 bits per heavy atom. The Bertz CT molecular complexity index is 1360. The van der Waals surface area contributed by atoms with Gasteiger partial charge in [-0.15, -0.1) is 0 Å². The average molecular weight is 641 g/mol. The highest BCUT2D eigenvalue weighted by Gasteiger charge is 2.70. The topological polar surface area (TPSA) is 142 Å². The van der Waals surface area contributed by atoms with E-state index in [9.17, 15) is 19.2 Å². The molecule has 46 heavy (non-hydrogen) atoms. The van der Waals surface area contributed by atoms with Gasteiger partial charge in [0.15, 0.2) is 0 Å². The van der Waals surface area contributed by atoms with Crippen molar-refractivity contribution in [3.63, 3.8) is 0 Å². The van der Waals surface area contributed by atoms with Crippen molar-refractivity contribution < 1.29 is 57.1 Å². The lowest BCUT2D eigenvalue weighted by Crippen LogP contribution is -2.66. The van der Waals surface area contributed by atoms with Gasteiger partial charge < -0.3 is 37.9 Å². The summed E-state index contributed by atoms with van der Waals surface area (Å²) < 4.78 is 45.7. The summed E-state index contributed by atoms with van der Waals surface area (Å²) in [6.07, 6.45) is 3.21. The average Bonchev–Trinajstić information content (AvgIpc) is 2.97. The van der Waals surface area contributed by atoms with Crippen molar-refractivity contribution in [1.82, 2.24) is 0 Å². The van der Waals surface area contributed by atoms with E-state index < -0.39 is 57.7 Å². The molecule has 0 N–H and O–H groups in total. The van der Waals surface area contributed by atoms with Crippen LogP contribution >= 0.6 is 0 Å². The van der Waals surface area contributed by atoms with Gasteiger partial charge in [0.1, 0.15) is 49.1 Å². The molecule has 1 aromatic rings. The Balaban J connectivity index is 1.19. The third-order valence-corrected chi connectivity index (χ3v) is 9.75. The zero-order valence-electron chi connectivity index (χ0n) is 26.6. The number of hydrogen-bond acceptors (Lipinski definition) is 12. The van der Waals surface area contributed by atoms with E-state index in [1.165, 1.54) is 12.2 Å². The van der Waals surface area contributed by atoms with Gasteiger partial charge in [-0.1, -0.05) is 24.3 Å². The van der Waals surface area contributed by atoms with Gasteiger partial charge in [0.2, 0.25) is 0 Å². The second kappa shape index (κ2) is 12.0. The third kappa shape index (κ3) is 5.77. The maximum Gasteiger partial charge on any atom is 0.334 e. The van der Waals surface area contributed by atoms with Gasteiger partial charge in [-0.05, 0) is 38.8 Å². The van der Waals surface area contributed by atoms with Gasteiger partial charge in [-0.25, -0.2) is 9.59 Å². The second-order valence-corrected chi connectivity index (χ2v) is 13.5. The molecule has 12 nitrogen and oxygen atoms in total.